The minimum Gasteiger partial charge on any atom is -0.463 e. The predicted molar refractivity (Wildman–Crippen MR) is 72.3 cm³/mol. The number of rotatable bonds is 6. The van der Waals surface area contributed by atoms with Gasteiger partial charge in [-0.1, -0.05) is 13.8 Å². The number of ether oxygens (including phenoxy) is 1. The summed E-state index contributed by atoms with van der Waals surface area (Å²) in [5, 5.41) is 8.59. The summed E-state index contributed by atoms with van der Waals surface area (Å²) >= 11 is 0. The van der Waals surface area contributed by atoms with Gasteiger partial charge in [0.25, 0.3) is 5.82 Å². The molecule has 0 aliphatic heterocycles. The molecule has 20 heavy (non-hydrogen) atoms. The minimum absolute atomic E-state index is 0.0620. The van der Waals surface area contributed by atoms with Crippen LogP contribution in [0.15, 0.2) is 18.6 Å². The zero-order valence-electron chi connectivity index (χ0n) is 12.0. The highest BCUT2D eigenvalue weighted by atomic mass is 16.5. The van der Waals surface area contributed by atoms with Gasteiger partial charge in [0.05, 0.1) is 25.4 Å². The molecule has 0 atom stereocenters. The minimum atomic E-state index is -0.536. The average Bonchev–Trinajstić information content (AvgIpc) is 3.10. The molecule has 0 amide bonds. The standard InChI is InChI=1S/C13H19N5O2/c1-4-11(5-2)18-7-6-10(15-18)8-17-9-14-12(16-17)13(19)20-3/h6-7,9,11H,4-5,8H2,1-3H3. The van der Waals surface area contributed by atoms with Crippen molar-refractivity contribution >= 4 is 5.97 Å². The summed E-state index contributed by atoms with van der Waals surface area (Å²) in [6.45, 7) is 4.78. The third kappa shape index (κ3) is 3.04. The highest BCUT2D eigenvalue weighted by Crippen LogP contribution is 2.14. The maximum absolute atomic E-state index is 11.3. The van der Waals surface area contributed by atoms with Crippen LogP contribution in [0.4, 0.5) is 0 Å². The summed E-state index contributed by atoms with van der Waals surface area (Å²) in [7, 11) is 1.31. The first-order chi connectivity index (χ1) is 9.67. The molecule has 7 nitrogen and oxygen atoms in total. The van der Waals surface area contributed by atoms with Crippen LogP contribution in [-0.2, 0) is 11.3 Å². The molecule has 0 aliphatic carbocycles. The van der Waals surface area contributed by atoms with Gasteiger partial charge in [0, 0.05) is 6.20 Å². The maximum Gasteiger partial charge on any atom is 0.377 e. The van der Waals surface area contributed by atoms with Crippen molar-refractivity contribution in [3.8, 4) is 0 Å². The van der Waals surface area contributed by atoms with E-state index in [1.54, 1.807) is 4.68 Å². The molecule has 2 rings (SSSR count). The maximum atomic E-state index is 11.3. The van der Waals surface area contributed by atoms with Crippen LogP contribution >= 0.6 is 0 Å². The van der Waals surface area contributed by atoms with Crippen molar-refractivity contribution in [1.82, 2.24) is 24.5 Å². The second-order valence-corrected chi connectivity index (χ2v) is 4.51. The van der Waals surface area contributed by atoms with Crippen molar-refractivity contribution in [3.63, 3.8) is 0 Å². The van der Waals surface area contributed by atoms with E-state index in [2.05, 4.69) is 33.8 Å². The number of hydrogen-bond donors (Lipinski definition) is 0. The first-order valence-corrected chi connectivity index (χ1v) is 6.69. The van der Waals surface area contributed by atoms with E-state index < -0.39 is 5.97 Å². The fourth-order valence-electron chi connectivity index (χ4n) is 2.05. The molecule has 0 saturated carbocycles. The number of methoxy groups -OCH3 is 1. The molecule has 0 bridgehead atoms. The lowest BCUT2D eigenvalue weighted by Crippen LogP contribution is -2.09. The van der Waals surface area contributed by atoms with E-state index in [4.69, 9.17) is 0 Å². The van der Waals surface area contributed by atoms with E-state index in [0.717, 1.165) is 18.5 Å². The van der Waals surface area contributed by atoms with Crippen LogP contribution in [0.3, 0.4) is 0 Å². The number of esters is 1. The number of nitrogens with zero attached hydrogens (tertiary/aromatic N) is 5. The molecule has 0 N–H and O–H groups in total. The Balaban J connectivity index is 2.07. The Morgan fingerprint density at radius 1 is 1.35 bits per heavy atom. The summed E-state index contributed by atoms with van der Waals surface area (Å²) < 4.78 is 8.12. The molecule has 0 aromatic carbocycles. The van der Waals surface area contributed by atoms with Crippen molar-refractivity contribution in [2.45, 2.75) is 39.3 Å². The van der Waals surface area contributed by atoms with Gasteiger partial charge in [0.2, 0.25) is 0 Å². The van der Waals surface area contributed by atoms with Crippen LogP contribution in [-0.4, -0.2) is 37.6 Å². The number of carbonyl (C=O) groups is 1. The number of carbonyl (C=O) groups excluding carboxylic acids is 1. The molecule has 108 valence electrons. The first-order valence-electron chi connectivity index (χ1n) is 6.69. The third-order valence-electron chi connectivity index (χ3n) is 3.21. The first kappa shape index (κ1) is 14.2. The van der Waals surface area contributed by atoms with Gasteiger partial charge in [-0.15, -0.1) is 5.10 Å². The highest BCUT2D eigenvalue weighted by Gasteiger charge is 2.12. The second kappa shape index (κ2) is 6.31. The summed E-state index contributed by atoms with van der Waals surface area (Å²) in [4.78, 5) is 15.2. The van der Waals surface area contributed by atoms with Gasteiger partial charge < -0.3 is 4.74 Å². The summed E-state index contributed by atoms with van der Waals surface area (Å²) in [6.07, 6.45) is 5.58. The zero-order valence-corrected chi connectivity index (χ0v) is 12.0. The van der Waals surface area contributed by atoms with Crippen LogP contribution in [0.25, 0.3) is 0 Å². The van der Waals surface area contributed by atoms with Gasteiger partial charge in [0.1, 0.15) is 6.33 Å². The van der Waals surface area contributed by atoms with Crippen molar-refractivity contribution in [1.29, 1.82) is 0 Å². The van der Waals surface area contributed by atoms with E-state index in [0.29, 0.717) is 12.6 Å². The predicted octanol–water partition coefficient (Wildman–Crippen LogP) is 1.67. The fraction of sp³-hybridized carbons (Fsp3) is 0.538. The molecule has 0 unspecified atom stereocenters. The molecule has 0 saturated heterocycles. The van der Waals surface area contributed by atoms with Crippen LogP contribution in [0.5, 0.6) is 0 Å². The van der Waals surface area contributed by atoms with Crippen molar-refractivity contribution in [2.75, 3.05) is 7.11 Å². The molecular weight excluding hydrogens is 258 g/mol. The second-order valence-electron chi connectivity index (χ2n) is 4.51. The third-order valence-corrected chi connectivity index (χ3v) is 3.21. The lowest BCUT2D eigenvalue weighted by Gasteiger charge is -2.12. The van der Waals surface area contributed by atoms with Crippen molar-refractivity contribution in [2.24, 2.45) is 0 Å². The number of hydrogen-bond acceptors (Lipinski definition) is 5. The van der Waals surface area contributed by atoms with E-state index >= 15 is 0 Å². The monoisotopic (exact) mass is 277 g/mol. The molecule has 2 heterocycles. The van der Waals surface area contributed by atoms with Crippen molar-refractivity contribution in [3.05, 3.63) is 30.1 Å². The summed E-state index contributed by atoms with van der Waals surface area (Å²) in [6, 6.07) is 2.38. The van der Waals surface area contributed by atoms with Gasteiger partial charge in [-0.05, 0) is 18.9 Å². The molecule has 0 fully saturated rings. The SMILES string of the molecule is CCC(CC)n1ccc(Cn2cnc(C(=O)OC)n2)n1. The van der Waals surface area contributed by atoms with E-state index in [1.165, 1.54) is 13.4 Å². The molecular formula is C13H19N5O2. The normalized spacial score (nSPS) is 11.0. The Hall–Kier alpha value is -2.18. The smallest absolute Gasteiger partial charge is 0.377 e. The summed E-state index contributed by atoms with van der Waals surface area (Å²) in [5.41, 5.74) is 0.887. The Labute approximate surface area is 117 Å². The lowest BCUT2D eigenvalue weighted by molar-refractivity contribution is 0.0586. The molecule has 0 radical (unpaired) electrons. The molecule has 0 aliphatic rings. The van der Waals surface area contributed by atoms with Gasteiger partial charge in [-0.3, -0.25) is 4.68 Å². The average molecular weight is 277 g/mol. The largest absolute Gasteiger partial charge is 0.463 e. The molecule has 2 aromatic heterocycles. The van der Waals surface area contributed by atoms with E-state index in [1.807, 2.05) is 16.9 Å². The van der Waals surface area contributed by atoms with Crippen LogP contribution < -0.4 is 0 Å². The topological polar surface area (TPSA) is 74.8 Å². The Bertz CT molecular complexity index is 571. The van der Waals surface area contributed by atoms with E-state index in [-0.39, 0.29) is 5.82 Å². The highest BCUT2D eigenvalue weighted by molar-refractivity contribution is 5.84. The molecule has 0 spiro atoms. The van der Waals surface area contributed by atoms with E-state index in [9.17, 15) is 4.79 Å². The van der Waals surface area contributed by atoms with Crippen LogP contribution in [0, 0.1) is 0 Å². The van der Waals surface area contributed by atoms with Crippen molar-refractivity contribution < 1.29 is 9.53 Å². The van der Waals surface area contributed by atoms with Gasteiger partial charge in [0.15, 0.2) is 0 Å². The quantitative estimate of drug-likeness (QED) is 0.751. The van der Waals surface area contributed by atoms with Gasteiger partial charge >= 0.3 is 5.97 Å². The molecule has 7 heteroatoms. The Morgan fingerprint density at radius 3 is 2.75 bits per heavy atom. The number of aromatic nitrogens is 5. The fourth-order valence-corrected chi connectivity index (χ4v) is 2.05. The molecule has 2 aromatic rings. The Kier molecular flexibility index (Phi) is 4.49. The zero-order chi connectivity index (χ0) is 14.5. The lowest BCUT2D eigenvalue weighted by atomic mass is 10.2. The van der Waals surface area contributed by atoms with Crippen LogP contribution in [0.2, 0.25) is 0 Å². The van der Waals surface area contributed by atoms with Crippen LogP contribution in [0.1, 0.15) is 49.0 Å². The summed E-state index contributed by atoms with van der Waals surface area (Å²) in [5.74, 6) is -0.474. The van der Waals surface area contributed by atoms with Gasteiger partial charge in [-0.2, -0.15) is 5.10 Å². The Morgan fingerprint density at radius 2 is 2.10 bits per heavy atom. The van der Waals surface area contributed by atoms with Gasteiger partial charge in [-0.25, -0.2) is 14.5 Å².